The smallest absolute Gasteiger partial charge is 0.387 e. The third-order valence-electron chi connectivity index (χ3n) is 2.45. The van der Waals surface area contributed by atoms with Crippen LogP contribution in [0.3, 0.4) is 0 Å². The van der Waals surface area contributed by atoms with E-state index in [1.807, 2.05) is 0 Å². The quantitative estimate of drug-likeness (QED) is 0.593. The topological polar surface area (TPSA) is 26.3 Å². The van der Waals surface area contributed by atoms with Crippen LogP contribution in [0, 0.1) is 0 Å². The number of carbonyl (C=O) groups excluding carboxylic acids is 1. The molecule has 0 aliphatic heterocycles. The molecule has 100 valence electrons. The molecule has 0 atom stereocenters. The number of ether oxygens (including phenoxy) is 1. The first kappa shape index (κ1) is 14.5. The SMILES string of the molecule is CCc1c(C(C)=O)cc(OC(F)F)cc1C(F)F. The molecule has 0 aliphatic rings. The van der Waals surface area contributed by atoms with Gasteiger partial charge in [-0.2, -0.15) is 8.78 Å². The van der Waals surface area contributed by atoms with Gasteiger partial charge in [0.1, 0.15) is 5.75 Å². The van der Waals surface area contributed by atoms with Crippen LogP contribution in [-0.2, 0) is 6.42 Å². The first-order chi connectivity index (χ1) is 8.36. The summed E-state index contributed by atoms with van der Waals surface area (Å²) in [5.74, 6) is -0.892. The third-order valence-corrected chi connectivity index (χ3v) is 2.45. The summed E-state index contributed by atoms with van der Waals surface area (Å²) in [6.07, 6.45) is -2.64. The standard InChI is InChI=1S/C12H12F4O2/c1-3-8-9(6(2)17)4-7(18-12(15)16)5-10(8)11(13)14/h4-5,11-12H,3H2,1-2H3. The molecule has 6 heteroatoms. The van der Waals surface area contributed by atoms with Gasteiger partial charge in [0.25, 0.3) is 6.43 Å². The molecule has 0 fully saturated rings. The molecule has 1 rings (SSSR count). The van der Waals surface area contributed by atoms with Crippen molar-refractivity contribution in [2.45, 2.75) is 33.3 Å². The molecular formula is C12H12F4O2. The molecular weight excluding hydrogens is 252 g/mol. The van der Waals surface area contributed by atoms with E-state index < -0.39 is 30.1 Å². The maximum atomic E-state index is 12.8. The van der Waals surface area contributed by atoms with E-state index in [-0.39, 0.29) is 17.5 Å². The van der Waals surface area contributed by atoms with Crippen molar-refractivity contribution < 1.29 is 27.1 Å². The van der Waals surface area contributed by atoms with Gasteiger partial charge in [0, 0.05) is 11.1 Å². The minimum Gasteiger partial charge on any atom is -0.435 e. The number of alkyl halides is 4. The predicted octanol–water partition coefficient (Wildman–Crippen LogP) is 3.99. The van der Waals surface area contributed by atoms with Crippen molar-refractivity contribution in [3.05, 3.63) is 28.8 Å². The van der Waals surface area contributed by atoms with Crippen molar-refractivity contribution in [3.8, 4) is 5.75 Å². The molecule has 0 radical (unpaired) electrons. The lowest BCUT2D eigenvalue weighted by atomic mass is 9.96. The highest BCUT2D eigenvalue weighted by Crippen LogP contribution is 2.31. The second-order valence-electron chi connectivity index (χ2n) is 3.63. The Hall–Kier alpha value is -1.59. The molecule has 0 N–H and O–H groups in total. The Balaban J connectivity index is 3.39. The zero-order valence-electron chi connectivity index (χ0n) is 9.84. The van der Waals surface area contributed by atoms with Crippen LogP contribution in [0.2, 0.25) is 0 Å². The summed E-state index contributed by atoms with van der Waals surface area (Å²) in [5, 5.41) is 0. The first-order valence-corrected chi connectivity index (χ1v) is 5.27. The summed E-state index contributed by atoms with van der Waals surface area (Å²) in [6.45, 7) is -0.320. The second-order valence-corrected chi connectivity index (χ2v) is 3.63. The van der Waals surface area contributed by atoms with Gasteiger partial charge in [0.05, 0.1) is 0 Å². The summed E-state index contributed by atoms with van der Waals surface area (Å²) >= 11 is 0. The van der Waals surface area contributed by atoms with Crippen LogP contribution in [0.15, 0.2) is 12.1 Å². The van der Waals surface area contributed by atoms with Crippen molar-refractivity contribution in [2.24, 2.45) is 0 Å². The summed E-state index contributed by atoms with van der Waals surface area (Å²) in [7, 11) is 0. The van der Waals surface area contributed by atoms with Crippen LogP contribution in [0.1, 0.15) is 41.8 Å². The molecule has 0 aromatic heterocycles. The molecule has 0 amide bonds. The maximum Gasteiger partial charge on any atom is 0.387 e. The zero-order valence-corrected chi connectivity index (χ0v) is 9.84. The van der Waals surface area contributed by atoms with E-state index in [4.69, 9.17) is 0 Å². The number of hydrogen-bond donors (Lipinski definition) is 0. The Morgan fingerprint density at radius 1 is 1.28 bits per heavy atom. The van der Waals surface area contributed by atoms with Gasteiger partial charge in [0.15, 0.2) is 5.78 Å². The fourth-order valence-electron chi connectivity index (χ4n) is 1.74. The maximum absolute atomic E-state index is 12.8. The van der Waals surface area contributed by atoms with E-state index in [1.54, 1.807) is 6.92 Å². The monoisotopic (exact) mass is 264 g/mol. The first-order valence-electron chi connectivity index (χ1n) is 5.27. The second kappa shape index (κ2) is 5.84. The Labute approximate surface area is 102 Å². The Kier molecular flexibility index (Phi) is 4.69. The van der Waals surface area contributed by atoms with Crippen LogP contribution >= 0.6 is 0 Å². The van der Waals surface area contributed by atoms with Gasteiger partial charge < -0.3 is 4.74 Å². The molecule has 0 unspecified atom stereocenters. The van der Waals surface area contributed by atoms with Gasteiger partial charge in [-0.15, -0.1) is 0 Å². The van der Waals surface area contributed by atoms with Gasteiger partial charge in [0.2, 0.25) is 0 Å². The molecule has 0 saturated heterocycles. The van der Waals surface area contributed by atoms with Crippen LogP contribution in [0.4, 0.5) is 17.6 Å². The van der Waals surface area contributed by atoms with Gasteiger partial charge >= 0.3 is 6.61 Å². The number of benzene rings is 1. The van der Waals surface area contributed by atoms with E-state index in [0.29, 0.717) is 0 Å². The van der Waals surface area contributed by atoms with Crippen molar-refractivity contribution in [2.75, 3.05) is 0 Å². The fraction of sp³-hybridized carbons (Fsp3) is 0.417. The van der Waals surface area contributed by atoms with Crippen molar-refractivity contribution in [3.63, 3.8) is 0 Å². The van der Waals surface area contributed by atoms with E-state index in [2.05, 4.69) is 4.74 Å². The molecule has 0 spiro atoms. The van der Waals surface area contributed by atoms with Crippen molar-refractivity contribution >= 4 is 5.78 Å². The number of ketones is 1. The van der Waals surface area contributed by atoms with Gasteiger partial charge in [-0.1, -0.05) is 6.92 Å². The largest absolute Gasteiger partial charge is 0.435 e. The number of Topliss-reactive ketones (excluding diaryl/α,β-unsaturated/α-hetero) is 1. The third kappa shape index (κ3) is 3.21. The fourth-order valence-corrected chi connectivity index (χ4v) is 1.74. The Morgan fingerprint density at radius 3 is 2.28 bits per heavy atom. The Morgan fingerprint density at radius 2 is 1.89 bits per heavy atom. The van der Waals surface area contributed by atoms with Gasteiger partial charge in [-0.05, 0) is 31.0 Å². The molecule has 2 nitrogen and oxygen atoms in total. The highest BCUT2D eigenvalue weighted by atomic mass is 19.3. The molecule has 1 aromatic rings. The molecule has 0 bridgehead atoms. The summed E-state index contributed by atoms with van der Waals surface area (Å²) in [6, 6.07) is 1.92. The highest BCUT2D eigenvalue weighted by molar-refractivity contribution is 5.96. The van der Waals surface area contributed by atoms with Crippen molar-refractivity contribution in [1.82, 2.24) is 0 Å². The summed E-state index contributed by atoms with van der Waals surface area (Å²) in [4.78, 5) is 11.3. The summed E-state index contributed by atoms with van der Waals surface area (Å²) < 4.78 is 53.9. The van der Waals surface area contributed by atoms with Crippen LogP contribution in [-0.4, -0.2) is 12.4 Å². The van der Waals surface area contributed by atoms with Gasteiger partial charge in [-0.25, -0.2) is 8.78 Å². The number of rotatable bonds is 5. The molecule has 1 aromatic carbocycles. The average molecular weight is 264 g/mol. The summed E-state index contributed by atoms with van der Waals surface area (Å²) in [5.41, 5.74) is -0.286. The van der Waals surface area contributed by atoms with Gasteiger partial charge in [-0.3, -0.25) is 4.79 Å². The lowest BCUT2D eigenvalue weighted by Gasteiger charge is -2.14. The highest BCUT2D eigenvalue weighted by Gasteiger charge is 2.20. The average Bonchev–Trinajstić information content (AvgIpc) is 2.26. The minimum absolute atomic E-state index is 0.00838. The predicted molar refractivity (Wildman–Crippen MR) is 57.4 cm³/mol. The minimum atomic E-state index is -3.12. The molecule has 0 aliphatic carbocycles. The molecule has 18 heavy (non-hydrogen) atoms. The van der Waals surface area contributed by atoms with Crippen LogP contribution < -0.4 is 4.74 Å². The lowest BCUT2D eigenvalue weighted by Crippen LogP contribution is -2.08. The van der Waals surface area contributed by atoms with Crippen LogP contribution in [0.25, 0.3) is 0 Å². The van der Waals surface area contributed by atoms with E-state index in [1.165, 1.54) is 6.92 Å². The molecule has 0 saturated carbocycles. The van der Waals surface area contributed by atoms with E-state index >= 15 is 0 Å². The van der Waals surface area contributed by atoms with E-state index in [9.17, 15) is 22.4 Å². The zero-order chi connectivity index (χ0) is 13.9. The van der Waals surface area contributed by atoms with E-state index in [0.717, 1.165) is 12.1 Å². The molecule has 0 heterocycles. The number of carbonyl (C=O) groups is 1. The number of hydrogen-bond acceptors (Lipinski definition) is 2. The number of halogens is 4. The Bertz CT molecular complexity index is 444. The van der Waals surface area contributed by atoms with Crippen molar-refractivity contribution in [1.29, 1.82) is 0 Å². The van der Waals surface area contributed by atoms with Crippen LogP contribution in [0.5, 0.6) is 5.75 Å². The lowest BCUT2D eigenvalue weighted by molar-refractivity contribution is -0.0500. The normalized spacial score (nSPS) is 11.1.